The molecular formula is C24H31NO. The monoisotopic (exact) mass is 349 g/mol. The van der Waals surface area contributed by atoms with Gasteiger partial charge in [-0.15, -0.1) is 0 Å². The van der Waals surface area contributed by atoms with E-state index < -0.39 is 0 Å². The molecule has 0 atom stereocenters. The second-order valence-electron chi connectivity index (χ2n) is 8.54. The number of carbonyl (C=O) groups excluding carboxylic acids is 1. The Balaban J connectivity index is 1.82. The first-order valence-corrected chi connectivity index (χ1v) is 9.90. The third-order valence-corrected chi connectivity index (χ3v) is 5.47. The molecule has 0 aliphatic heterocycles. The topological polar surface area (TPSA) is 20.3 Å². The molecule has 0 aromatic heterocycles. The summed E-state index contributed by atoms with van der Waals surface area (Å²) < 4.78 is 0. The van der Waals surface area contributed by atoms with Gasteiger partial charge in [-0.2, -0.15) is 0 Å². The molecule has 0 saturated heterocycles. The summed E-state index contributed by atoms with van der Waals surface area (Å²) in [7, 11) is 0. The maximum atomic E-state index is 13.2. The van der Waals surface area contributed by atoms with E-state index in [2.05, 4.69) is 49.9 Å². The van der Waals surface area contributed by atoms with E-state index in [4.69, 9.17) is 0 Å². The average Bonchev–Trinajstić information content (AvgIpc) is 2.66. The van der Waals surface area contributed by atoms with Gasteiger partial charge in [-0.1, -0.05) is 82.5 Å². The van der Waals surface area contributed by atoms with E-state index >= 15 is 0 Å². The SMILES string of the molecule is CC(C)(C)c1ccc(CN(C(=O)c2ccccc2)C2CCCCC2)cc1. The van der Waals surface area contributed by atoms with E-state index in [0.717, 1.165) is 18.4 Å². The smallest absolute Gasteiger partial charge is 0.254 e. The second-order valence-corrected chi connectivity index (χ2v) is 8.54. The van der Waals surface area contributed by atoms with Gasteiger partial charge in [0.2, 0.25) is 0 Å². The Morgan fingerprint density at radius 2 is 1.54 bits per heavy atom. The normalized spacial score (nSPS) is 15.7. The Hall–Kier alpha value is -2.09. The fourth-order valence-electron chi connectivity index (χ4n) is 3.81. The minimum Gasteiger partial charge on any atom is -0.331 e. The highest BCUT2D eigenvalue weighted by atomic mass is 16.2. The van der Waals surface area contributed by atoms with Gasteiger partial charge in [-0.25, -0.2) is 0 Å². The summed E-state index contributed by atoms with van der Waals surface area (Å²) in [5.41, 5.74) is 3.50. The van der Waals surface area contributed by atoms with Gasteiger partial charge in [-0.05, 0) is 41.5 Å². The van der Waals surface area contributed by atoms with Crippen LogP contribution in [0.5, 0.6) is 0 Å². The lowest BCUT2D eigenvalue weighted by Gasteiger charge is -2.35. The molecular weight excluding hydrogens is 318 g/mol. The van der Waals surface area contributed by atoms with E-state index in [0.29, 0.717) is 12.6 Å². The summed E-state index contributed by atoms with van der Waals surface area (Å²) in [6.07, 6.45) is 6.00. The molecule has 2 nitrogen and oxygen atoms in total. The lowest BCUT2D eigenvalue weighted by molar-refractivity contribution is 0.0614. The Kier molecular flexibility index (Phi) is 5.80. The molecule has 3 rings (SSSR count). The summed E-state index contributed by atoms with van der Waals surface area (Å²) >= 11 is 0. The van der Waals surface area contributed by atoms with E-state index in [1.54, 1.807) is 0 Å². The van der Waals surface area contributed by atoms with Crippen molar-refractivity contribution in [1.29, 1.82) is 0 Å². The van der Waals surface area contributed by atoms with Crippen LogP contribution < -0.4 is 0 Å². The minimum atomic E-state index is 0.154. The summed E-state index contributed by atoms with van der Waals surface area (Å²) in [4.78, 5) is 15.3. The molecule has 1 fully saturated rings. The summed E-state index contributed by atoms with van der Waals surface area (Å²) in [5.74, 6) is 0.164. The van der Waals surface area contributed by atoms with Gasteiger partial charge in [-0.3, -0.25) is 4.79 Å². The molecule has 2 aromatic carbocycles. The van der Waals surface area contributed by atoms with Crippen molar-refractivity contribution in [3.63, 3.8) is 0 Å². The first-order chi connectivity index (χ1) is 12.4. The maximum Gasteiger partial charge on any atom is 0.254 e. The molecule has 1 aliphatic carbocycles. The predicted molar refractivity (Wildman–Crippen MR) is 108 cm³/mol. The first kappa shape index (κ1) is 18.7. The average molecular weight is 350 g/mol. The van der Waals surface area contributed by atoms with Gasteiger partial charge in [0, 0.05) is 18.2 Å². The Labute approximate surface area is 158 Å². The standard InChI is InChI=1S/C24H31NO/c1-24(2,3)21-16-14-19(15-17-21)18-25(22-12-8-5-9-13-22)23(26)20-10-6-4-7-11-20/h4,6-7,10-11,14-17,22H,5,8-9,12-13,18H2,1-3H3. The van der Waals surface area contributed by atoms with Crippen molar-refractivity contribution < 1.29 is 4.79 Å². The van der Waals surface area contributed by atoms with Crippen LogP contribution in [0.3, 0.4) is 0 Å². The van der Waals surface area contributed by atoms with Gasteiger partial charge in [0.25, 0.3) is 5.91 Å². The number of amides is 1. The molecule has 0 radical (unpaired) electrons. The molecule has 138 valence electrons. The summed E-state index contributed by atoms with van der Waals surface area (Å²) in [6.45, 7) is 7.39. The number of carbonyl (C=O) groups is 1. The fraction of sp³-hybridized carbons (Fsp3) is 0.458. The van der Waals surface area contributed by atoms with Crippen LogP contribution in [0, 0.1) is 0 Å². The quantitative estimate of drug-likeness (QED) is 0.667. The molecule has 2 heteroatoms. The van der Waals surface area contributed by atoms with Gasteiger partial charge < -0.3 is 4.90 Å². The molecule has 1 saturated carbocycles. The van der Waals surface area contributed by atoms with Crippen molar-refractivity contribution in [1.82, 2.24) is 4.90 Å². The van der Waals surface area contributed by atoms with Crippen LogP contribution in [0.2, 0.25) is 0 Å². The van der Waals surface area contributed by atoms with Crippen molar-refractivity contribution in [3.05, 3.63) is 71.3 Å². The van der Waals surface area contributed by atoms with Crippen LogP contribution in [0.4, 0.5) is 0 Å². The highest BCUT2D eigenvalue weighted by Gasteiger charge is 2.26. The van der Waals surface area contributed by atoms with Crippen molar-refractivity contribution in [2.24, 2.45) is 0 Å². The van der Waals surface area contributed by atoms with Crippen molar-refractivity contribution in [2.45, 2.75) is 70.9 Å². The zero-order valence-electron chi connectivity index (χ0n) is 16.4. The van der Waals surface area contributed by atoms with Gasteiger partial charge in [0.15, 0.2) is 0 Å². The zero-order valence-corrected chi connectivity index (χ0v) is 16.4. The lowest BCUT2D eigenvalue weighted by Crippen LogP contribution is -2.41. The molecule has 1 amide bonds. The van der Waals surface area contributed by atoms with Gasteiger partial charge >= 0.3 is 0 Å². The molecule has 0 spiro atoms. The predicted octanol–water partition coefficient (Wildman–Crippen LogP) is 5.96. The highest BCUT2D eigenvalue weighted by Crippen LogP contribution is 2.27. The maximum absolute atomic E-state index is 13.2. The van der Waals surface area contributed by atoms with Crippen LogP contribution in [0.15, 0.2) is 54.6 Å². The Morgan fingerprint density at radius 1 is 0.923 bits per heavy atom. The Morgan fingerprint density at radius 3 is 2.12 bits per heavy atom. The highest BCUT2D eigenvalue weighted by molar-refractivity contribution is 5.94. The van der Waals surface area contributed by atoms with Crippen LogP contribution in [-0.2, 0) is 12.0 Å². The number of benzene rings is 2. The van der Waals surface area contributed by atoms with Crippen LogP contribution >= 0.6 is 0 Å². The molecule has 0 heterocycles. The number of hydrogen-bond acceptors (Lipinski definition) is 1. The molecule has 2 aromatic rings. The van der Waals surface area contributed by atoms with Crippen LogP contribution in [-0.4, -0.2) is 16.8 Å². The van der Waals surface area contributed by atoms with Crippen LogP contribution in [0.1, 0.15) is 74.4 Å². The third kappa shape index (κ3) is 4.55. The molecule has 0 bridgehead atoms. The van der Waals surface area contributed by atoms with Gasteiger partial charge in [0.05, 0.1) is 0 Å². The third-order valence-electron chi connectivity index (χ3n) is 5.47. The van der Waals surface area contributed by atoms with E-state index in [9.17, 15) is 4.79 Å². The molecule has 1 aliphatic rings. The minimum absolute atomic E-state index is 0.154. The molecule has 0 unspecified atom stereocenters. The number of nitrogens with zero attached hydrogens (tertiary/aromatic N) is 1. The number of hydrogen-bond donors (Lipinski definition) is 0. The zero-order chi connectivity index (χ0) is 18.6. The van der Waals surface area contributed by atoms with Gasteiger partial charge in [0.1, 0.15) is 0 Å². The van der Waals surface area contributed by atoms with Crippen molar-refractivity contribution in [3.8, 4) is 0 Å². The fourth-order valence-corrected chi connectivity index (χ4v) is 3.81. The number of rotatable bonds is 4. The van der Waals surface area contributed by atoms with Crippen LogP contribution in [0.25, 0.3) is 0 Å². The lowest BCUT2D eigenvalue weighted by atomic mass is 9.86. The largest absolute Gasteiger partial charge is 0.331 e. The summed E-state index contributed by atoms with van der Waals surface area (Å²) in [6, 6.07) is 18.9. The second kappa shape index (κ2) is 8.07. The first-order valence-electron chi connectivity index (χ1n) is 9.90. The van der Waals surface area contributed by atoms with E-state index in [1.165, 1.54) is 30.4 Å². The molecule has 0 N–H and O–H groups in total. The Bertz CT molecular complexity index is 706. The van der Waals surface area contributed by atoms with E-state index in [-0.39, 0.29) is 11.3 Å². The van der Waals surface area contributed by atoms with Crippen molar-refractivity contribution >= 4 is 5.91 Å². The van der Waals surface area contributed by atoms with E-state index in [1.807, 2.05) is 30.3 Å². The van der Waals surface area contributed by atoms with Crippen molar-refractivity contribution in [2.75, 3.05) is 0 Å². The molecule has 26 heavy (non-hydrogen) atoms. The summed E-state index contributed by atoms with van der Waals surface area (Å²) in [5, 5.41) is 0.